The van der Waals surface area contributed by atoms with Crippen LogP contribution in [0.15, 0.2) is 30.3 Å². The number of aryl methyl sites for hydroxylation is 1. The fraction of sp³-hybridized carbons (Fsp3) is 0.500. The highest BCUT2D eigenvalue weighted by Crippen LogP contribution is 2.32. The van der Waals surface area contributed by atoms with Gasteiger partial charge >= 0.3 is 0 Å². The summed E-state index contributed by atoms with van der Waals surface area (Å²) in [6, 6.07) is 9.60. The Morgan fingerprint density at radius 2 is 1.83 bits per heavy atom. The number of carbonyl (C=O) groups is 2. The van der Waals surface area contributed by atoms with Gasteiger partial charge in [-0.3, -0.25) is 9.59 Å². The van der Waals surface area contributed by atoms with Gasteiger partial charge in [-0.1, -0.05) is 19.1 Å². The van der Waals surface area contributed by atoms with Crippen molar-refractivity contribution in [2.75, 3.05) is 13.1 Å². The van der Waals surface area contributed by atoms with Crippen LogP contribution in [0.4, 0.5) is 0 Å². The van der Waals surface area contributed by atoms with Crippen LogP contribution in [0, 0.1) is 5.92 Å². The monoisotopic (exact) mass is 426 g/mol. The lowest BCUT2D eigenvalue weighted by atomic mass is 9.90. The Labute approximate surface area is 182 Å². The lowest BCUT2D eigenvalue weighted by molar-refractivity contribution is -0.0586. The molecule has 2 aromatic rings. The van der Waals surface area contributed by atoms with Crippen molar-refractivity contribution >= 4 is 23.2 Å². The molecule has 1 N–H and O–H groups in total. The summed E-state index contributed by atoms with van der Waals surface area (Å²) >= 11 is 1.63. The molecule has 0 saturated carbocycles. The molecule has 1 aromatic carbocycles. The molecule has 0 bridgehead atoms. The second-order valence-corrected chi connectivity index (χ2v) is 9.89. The zero-order valence-electron chi connectivity index (χ0n) is 17.9. The summed E-state index contributed by atoms with van der Waals surface area (Å²) in [6.45, 7) is 7.95. The van der Waals surface area contributed by atoms with Gasteiger partial charge < -0.3 is 15.0 Å². The van der Waals surface area contributed by atoms with Crippen molar-refractivity contribution in [2.45, 2.75) is 58.8 Å². The summed E-state index contributed by atoms with van der Waals surface area (Å²) in [7, 11) is 0. The summed E-state index contributed by atoms with van der Waals surface area (Å²) in [5.74, 6) is 0.720. The average Bonchev–Trinajstić information content (AvgIpc) is 3.14. The highest BCUT2D eigenvalue weighted by Gasteiger charge is 2.26. The molecule has 1 aliphatic heterocycles. The minimum Gasteiger partial charge on any atom is -0.372 e. The molecule has 1 aliphatic carbocycles. The van der Waals surface area contributed by atoms with Crippen molar-refractivity contribution in [1.29, 1.82) is 0 Å². The minimum atomic E-state index is -0.0153. The smallest absolute Gasteiger partial charge is 0.261 e. The van der Waals surface area contributed by atoms with E-state index in [-0.39, 0.29) is 24.0 Å². The fourth-order valence-electron chi connectivity index (χ4n) is 4.38. The van der Waals surface area contributed by atoms with Gasteiger partial charge in [0.05, 0.1) is 17.1 Å². The number of rotatable bonds is 4. The molecule has 5 nitrogen and oxygen atoms in total. The molecule has 3 unspecified atom stereocenters. The van der Waals surface area contributed by atoms with Crippen molar-refractivity contribution in [2.24, 2.45) is 5.92 Å². The lowest BCUT2D eigenvalue weighted by Gasteiger charge is -2.35. The summed E-state index contributed by atoms with van der Waals surface area (Å²) in [4.78, 5) is 29.4. The molecule has 1 saturated heterocycles. The first kappa shape index (κ1) is 21.1. The van der Waals surface area contributed by atoms with Gasteiger partial charge in [0.2, 0.25) is 0 Å². The van der Waals surface area contributed by atoms with E-state index in [1.54, 1.807) is 11.3 Å². The first-order valence-corrected chi connectivity index (χ1v) is 11.6. The highest BCUT2D eigenvalue weighted by molar-refractivity contribution is 7.14. The number of fused-ring (bicyclic) bond motifs is 1. The van der Waals surface area contributed by atoms with Gasteiger partial charge in [0, 0.05) is 30.1 Å². The maximum atomic E-state index is 12.8. The van der Waals surface area contributed by atoms with Gasteiger partial charge in [0.25, 0.3) is 11.8 Å². The van der Waals surface area contributed by atoms with E-state index in [1.165, 1.54) is 16.9 Å². The molecule has 1 aromatic heterocycles. The summed E-state index contributed by atoms with van der Waals surface area (Å²) in [5, 5.41) is 3.02. The molecule has 3 atom stereocenters. The molecule has 2 heterocycles. The Morgan fingerprint density at radius 3 is 2.53 bits per heavy atom. The number of hydrogen-bond donors (Lipinski definition) is 1. The zero-order valence-corrected chi connectivity index (χ0v) is 18.8. The molecule has 4 rings (SSSR count). The molecular formula is C24H30N2O3S. The van der Waals surface area contributed by atoms with Crippen LogP contribution >= 0.6 is 11.3 Å². The average molecular weight is 427 g/mol. The van der Waals surface area contributed by atoms with E-state index in [0.29, 0.717) is 31.1 Å². The minimum absolute atomic E-state index is 0.0153. The molecular weight excluding hydrogens is 396 g/mol. The predicted molar refractivity (Wildman–Crippen MR) is 119 cm³/mol. The summed E-state index contributed by atoms with van der Waals surface area (Å²) in [5.41, 5.74) is 3.00. The van der Waals surface area contributed by atoms with Gasteiger partial charge in [0.1, 0.15) is 0 Å². The second kappa shape index (κ2) is 8.90. The van der Waals surface area contributed by atoms with Gasteiger partial charge in [-0.15, -0.1) is 11.3 Å². The third kappa shape index (κ3) is 4.76. The van der Waals surface area contributed by atoms with Crippen molar-refractivity contribution in [1.82, 2.24) is 10.2 Å². The third-order valence-electron chi connectivity index (χ3n) is 5.91. The van der Waals surface area contributed by atoms with Crippen LogP contribution in [0.1, 0.15) is 63.2 Å². The Kier molecular flexibility index (Phi) is 6.25. The van der Waals surface area contributed by atoms with Crippen LogP contribution < -0.4 is 5.32 Å². The Hall–Kier alpha value is -2.18. The van der Waals surface area contributed by atoms with E-state index in [0.717, 1.165) is 23.3 Å². The Morgan fingerprint density at radius 1 is 1.13 bits per heavy atom. The van der Waals surface area contributed by atoms with E-state index in [1.807, 2.05) is 43.0 Å². The number of nitrogens with one attached hydrogen (secondary N) is 1. The molecule has 6 heteroatoms. The van der Waals surface area contributed by atoms with Crippen molar-refractivity contribution < 1.29 is 14.3 Å². The number of hydrogen-bond acceptors (Lipinski definition) is 4. The predicted octanol–water partition coefficient (Wildman–Crippen LogP) is 4.05. The van der Waals surface area contributed by atoms with Gasteiger partial charge in [0.15, 0.2) is 0 Å². The Balaban J connectivity index is 1.34. The number of benzene rings is 1. The van der Waals surface area contributed by atoms with E-state index >= 15 is 0 Å². The first-order valence-electron chi connectivity index (χ1n) is 10.8. The topological polar surface area (TPSA) is 58.6 Å². The fourth-order valence-corrected chi connectivity index (χ4v) is 5.50. The number of carbonyl (C=O) groups excluding carboxylic acids is 2. The van der Waals surface area contributed by atoms with Crippen LogP contribution in [-0.2, 0) is 24.1 Å². The Bertz CT molecular complexity index is 911. The van der Waals surface area contributed by atoms with Gasteiger partial charge in [-0.05, 0) is 68.4 Å². The summed E-state index contributed by atoms with van der Waals surface area (Å²) in [6.07, 6.45) is 3.48. The molecule has 2 amide bonds. The van der Waals surface area contributed by atoms with Gasteiger partial charge in [-0.25, -0.2) is 0 Å². The molecule has 0 spiro atoms. The highest BCUT2D eigenvalue weighted by atomic mass is 32.1. The SMILES string of the molecule is CC1CCc2sc(C(=O)NCc3ccc(C(=O)N4CC(C)OC(C)C4)cc3)cc2C1. The number of nitrogens with zero attached hydrogens (tertiary/aromatic N) is 1. The molecule has 160 valence electrons. The number of thiophene rings is 1. The van der Waals surface area contributed by atoms with E-state index in [4.69, 9.17) is 4.74 Å². The quantitative estimate of drug-likeness (QED) is 0.802. The molecule has 0 radical (unpaired) electrons. The molecule has 2 aliphatic rings. The normalized spacial score (nSPS) is 23.7. The maximum Gasteiger partial charge on any atom is 0.261 e. The molecule has 30 heavy (non-hydrogen) atoms. The number of ether oxygens (including phenoxy) is 1. The van der Waals surface area contributed by atoms with Crippen LogP contribution in [-0.4, -0.2) is 42.0 Å². The van der Waals surface area contributed by atoms with Crippen molar-refractivity contribution in [3.05, 3.63) is 56.8 Å². The summed E-state index contributed by atoms with van der Waals surface area (Å²) < 4.78 is 5.71. The maximum absolute atomic E-state index is 12.8. The number of amides is 2. The van der Waals surface area contributed by atoms with E-state index in [2.05, 4.69) is 18.3 Å². The van der Waals surface area contributed by atoms with Crippen LogP contribution in [0.25, 0.3) is 0 Å². The van der Waals surface area contributed by atoms with Gasteiger partial charge in [-0.2, -0.15) is 0 Å². The van der Waals surface area contributed by atoms with Crippen LogP contribution in [0.3, 0.4) is 0 Å². The molecule has 1 fully saturated rings. The van der Waals surface area contributed by atoms with E-state index in [9.17, 15) is 9.59 Å². The standard InChI is InChI=1S/C24H30N2O3S/c1-15-4-9-21-20(10-15)11-22(30-21)23(27)25-12-18-5-7-19(8-6-18)24(28)26-13-16(2)29-17(3)14-26/h5-8,11,15-17H,4,9-10,12-14H2,1-3H3,(H,25,27). The lowest BCUT2D eigenvalue weighted by Crippen LogP contribution is -2.48. The van der Waals surface area contributed by atoms with Crippen molar-refractivity contribution in [3.8, 4) is 0 Å². The second-order valence-electron chi connectivity index (χ2n) is 8.75. The van der Waals surface area contributed by atoms with E-state index < -0.39 is 0 Å². The van der Waals surface area contributed by atoms with Crippen LogP contribution in [0.2, 0.25) is 0 Å². The van der Waals surface area contributed by atoms with Crippen molar-refractivity contribution in [3.63, 3.8) is 0 Å². The number of morpholine rings is 1. The largest absolute Gasteiger partial charge is 0.372 e. The van der Waals surface area contributed by atoms with Crippen LogP contribution in [0.5, 0.6) is 0 Å². The zero-order chi connectivity index (χ0) is 21.3. The third-order valence-corrected chi connectivity index (χ3v) is 7.15. The first-order chi connectivity index (χ1) is 14.4.